The average molecular weight is 289 g/mol. The number of hydrogen-bond acceptors (Lipinski definition) is 3. The lowest BCUT2D eigenvalue weighted by Crippen LogP contribution is -2.24. The zero-order valence-electron chi connectivity index (χ0n) is 11.1. The van der Waals surface area contributed by atoms with Crippen LogP contribution in [0.5, 0.6) is 0 Å². The fourth-order valence-electron chi connectivity index (χ4n) is 1.84. The summed E-state index contributed by atoms with van der Waals surface area (Å²) in [4.78, 5) is 25.4. The van der Waals surface area contributed by atoms with E-state index in [2.05, 4.69) is 12.2 Å². The van der Waals surface area contributed by atoms with Gasteiger partial charge in [0.05, 0.1) is 17.7 Å². The first-order chi connectivity index (χ1) is 9.61. The van der Waals surface area contributed by atoms with Gasteiger partial charge in [-0.25, -0.2) is 4.79 Å². The predicted octanol–water partition coefficient (Wildman–Crippen LogP) is 2.94. The lowest BCUT2D eigenvalue weighted by Gasteiger charge is -2.06. The number of thiophene rings is 1. The van der Waals surface area contributed by atoms with Crippen molar-refractivity contribution in [3.63, 3.8) is 0 Å². The van der Waals surface area contributed by atoms with E-state index in [1.54, 1.807) is 23.5 Å². The Morgan fingerprint density at radius 1 is 1.10 bits per heavy atom. The van der Waals surface area contributed by atoms with Crippen LogP contribution in [0.1, 0.15) is 37.4 Å². The second-order valence-electron chi connectivity index (χ2n) is 4.25. The van der Waals surface area contributed by atoms with Crippen LogP contribution < -0.4 is 5.32 Å². The first-order valence-electron chi connectivity index (χ1n) is 6.30. The molecule has 0 radical (unpaired) electrons. The molecule has 0 aliphatic carbocycles. The Balaban J connectivity index is 2.07. The largest absolute Gasteiger partial charge is 0.478 e. The van der Waals surface area contributed by atoms with Crippen LogP contribution in [0.4, 0.5) is 0 Å². The molecule has 0 fully saturated rings. The maximum atomic E-state index is 12.0. The summed E-state index contributed by atoms with van der Waals surface area (Å²) >= 11 is 1.65. The molecule has 1 aromatic carbocycles. The number of carbonyl (C=O) groups excluding carboxylic acids is 1. The highest BCUT2D eigenvalue weighted by Crippen LogP contribution is 2.17. The van der Waals surface area contributed by atoms with Gasteiger partial charge in [-0.05, 0) is 30.7 Å². The smallest absolute Gasteiger partial charge is 0.336 e. The van der Waals surface area contributed by atoms with Crippen molar-refractivity contribution in [3.8, 4) is 0 Å². The van der Waals surface area contributed by atoms with Gasteiger partial charge in [0, 0.05) is 9.75 Å². The second kappa shape index (κ2) is 6.34. The number of carboxylic acids is 1. The molecule has 0 aliphatic heterocycles. The van der Waals surface area contributed by atoms with E-state index in [-0.39, 0.29) is 17.0 Å². The Hall–Kier alpha value is -2.14. The number of aryl methyl sites for hydroxylation is 1. The molecule has 2 rings (SSSR count). The van der Waals surface area contributed by atoms with Crippen molar-refractivity contribution >= 4 is 23.2 Å². The van der Waals surface area contributed by atoms with Gasteiger partial charge in [0.15, 0.2) is 0 Å². The third kappa shape index (κ3) is 3.24. The second-order valence-corrected chi connectivity index (χ2v) is 5.51. The highest BCUT2D eigenvalue weighted by Gasteiger charge is 2.15. The zero-order chi connectivity index (χ0) is 14.5. The molecule has 0 saturated heterocycles. The number of amides is 1. The van der Waals surface area contributed by atoms with Crippen LogP contribution in [0, 0.1) is 0 Å². The van der Waals surface area contributed by atoms with Crippen LogP contribution in [0.2, 0.25) is 0 Å². The maximum absolute atomic E-state index is 12.0. The summed E-state index contributed by atoms with van der Waals surface area (Å²) in [6, 6.07) is 10.2. The molecule has 104 valence electrons. The zero-order valence-corrected chi connectivity index (χ0v) is 11.9. The van der Waals surface area contributed by atoms with Gasteiger partial charge in [-0.15, -0.1) is 11.3 Å². The van der Waals surface area contributed by atoms with E-state index in [0.29, 0.717) is 6.54 Å². The van der Waals surface area contributed by atoms with E-state index in [4.69, 9.17) is 5.11 Å². The summed E-state index contributed by atoms with van der Waals surface area (Å²) in [5.41, 5.74) is 0.206. The molecule has 2 N–H and O–H groups in total. The Bertz CT molecular complexity index is 634. The molecule has 2 aromatic rings. The van der Waals surface area contributed by atoms with E-state index < -0.39 is 5.97 Å². The molecule has 0 saturated carbocycles. The van der Waals surface area contributed by atoms with Gasteiger partial charge < -0.3 is 10.4 Å². The Kier molecular flexibility index (Phi) is 4.53. The number of aromatic carboxylic acids is 1. The number of benzene rings is 1. The van der Waals surface area contributed by atoms with E-state index in [1.807, 2.05) is 12.1 Å². The topological polar surface area (TPSA) is 66.4 Å². The van der Waals surface area contributed by atoms with Gasteiger partial charge in [-0.3, -0.25) is 4.79 Å². The third-order valence-corrected chi connectivity index (χ3v) is 4.12. The molecule has 1 aromatic heterocycles. The van der Waals surface area contributed by atoms with Crippen LogP contribution in [-0.4, -0.2) is 17.0 Å². The van der Waals surface area contributed by atoms with Crippen molar-refractivity contribution in [1.82, 2.24) is 5.32 Å². The molecule has 0 bridgehead atoms. The molecule has 0 unspecified atom stereocenters. The first kappa shape index (κ1) is 14.3. The Labute approximate surface area is 121 Å². The summed E-state index contributed by atoms with van der Waals surface area (Å²) in [6.07, 6.45) is 0.973. The van der Waals surface area contributed by atoms with E-state index in [0.717, 1.165) is 11.3 Å². The lowest BCUT2D eigenvalue weighted by atomic mass is 10.1. The van der Waals surface area contributed by atoms with Crippen molar-refractivity contribution in [2.75, 3.05) is 0 Å². The first-order valence-corrected chi connectivity index (χ1v) is 7.11. The molecule has 0 atom stereocenters. The van der Waals surface area contributed by atoms with Gasteiger partial charge in [0.25, 0.3) is 5.91 Å². The summed E-state index contributed by atoms with van der Waals surface area (Å²) in [5, 5.41) is 11.8. The normalized spacial score (nSPS) is 10.2. The average Bonchev–Trinajstić information content (AvgIpc) is 2.92. The standard InChI is InChI=1S/C15H15NO3S/c1-2-10-7-8-11(20-10)9-16-14(17)12-5-3-4-6-13(12)15(18)19/h3-8H,2,9H2,1H3,(H,16,17)(H,18,19). The van der Waals surface area contributed by atoms with Gasteiger partial charge in [-0.2, -0.15) is 0 Å². The highest BCUT2D eigenvalue weighted by molar-refractivity contribution is 7.11. The van der Waals surface area contributed by atoms with Gasteiger partial charge in [-0.1, -0.05) is 19.1 Å². The summed E-state index contributed by atoms with van der Waals surface area (Å²) in [7, 11) is 0. The number of nitrogens with one attached hydrogen (secondary N) is 1. The van der Waals surface area contributed by atoms with Gasteiger partial charge in [0.1, 0.15) is 0 Å². The monoisotopic (exact) mass is 289 g/mol. The summed E-state index contributed by atoms with van der Waals surface area (Å²) in [5.74, 6) is -1.46. The van der Waals surface area contributed by atoms with E-state index >= 15 is 0 Å². The minimum Gasteiger partial charge on any atom is -0.478 e. The third-order valence-electron chi connectivity index (χ3n) is 2.89. The Morgan fingerprint density at radius 2 is 1.75 bits per heavy atom. The molecular formula is C15H15NO3S. The number of carboxylic acid groups (broad SMARTS) is 1. The van der Waals surface area contributed by atoms with Crippen LogP contribution in [0.3, 0.4) is 0 Å². The SMILES string of the molecule is CCc1ccc(CNC(=O)c2ccccc2C(=O)O)s1. The molecular weight excluding hydrogens is 274 g/mol. The highest BCUT2D eigenvalue weighted by atomic mass is 32.1. The van der Waals surface area contributed by atoms with Gasteiger partial charge in [0.2, 0.25) is 0 Å². The number of carbonyl (C=O) groups is 2. The Morgan fingerprint density at radius 3 is 2.35 bits per heavy atom. The van der Waals surface area contributed by atoms with Crippen LogP contribution >= 0.6 is 11.3 Å². The molecule has 20 heavy (non-hydrogen) atoms. The molecule has 1 heterocycles. The summed E-state index contributed by atoms with van der Waals surface area (Å²) < 4.78 is 0. The van der Waals surface area contributed by atoms with Crippen molar-refractivity contribution in [3.05, 3.63) is 57.3 Å². The molecule has 5 heteroatoms. The minimum atomic E-state index is -1.10. The predicted molar refractivity (Wildman–Crippen MR) is 78.3 cm³/mol. The maximum Gasteiger partial charge on any atom is 0.336 e. The lowest BCUT2D eigenvalue weighted by molar-refractivity contribution is 0.0691. The molecule has 0 aliphatic rings. The fraction of sp³-hybridized carbons (Fsp3) is 0.200. The minimum absolute atomic E-state index is 0.0189. The van der Waals surface area contributed by atoms with Gasteiger partial charge >= 0.3 is 5.97 Å². The van der Waals surface area contributed by atoms with Crippen molar-refractivity contribution < 1.29 is 14.7 Å². The van der Waals surface area contributed by atoms with Crippen LogP contribution in [-0.2, 0) is 13.0 Å². The number of rotatable bonds is 5. The molecule has 1 amide bonds. The van der Waals surface area contributed by atoms with Crippen molar-refractivity contribution in [2.24, 2.45) is 0 Å². The number of hydrogen-bond donors (Lipinski definition) is 2. The summed E-state index contributed by atoms with van der Waals surface area (Å²) in [6.45, 7) is 2.49. The quantitative estimate of drug-likeness (QED) is 0.889. The van der Waals surface area contributed by atoms with Crippen LogP contribution in [0.25, 0.3) is 0 Å². The van der Waals surface area contributed by atoms with Crippen molar-refractivity contribution in [1.29, 1.82) is 0 Å². The molecule has 0 spiro atoms. The van der Waals surface area contributed by atoms with Crippen LogP contribution in [0.15, 0.2) is 36.4 Å². The van der Waals surface area contributed by atoms with Crippen molar-refractivity contribution in [2.45, 2.75) is 19.9 Å². The van der Waals surface area contributed by atoms with E-state index in [1.165, 1.54) is 17.0 Å². The van der Waals surface area contributed by atoms with E-state index in [9.17, 15) is 9.59 Å². The molecule has 4 nitrogen and oxygen atoms in total. The fourth-order valence-corrected chi connectivity index (χ4v) is 2.74.